The van der Waals surface area contributed by atoms with E-state index in [-0.39, 0.29) is 11.6 Å². The van der Waals surface area contributed by atoms with E-state index >= 15 is 0 Å². The van der Waals surface area contributed by atoms with Crippen molar-refractivity contribution in [3.05, 3.63) is 34.4 Å². The average Bonchev–Trinajstić information content (AvgIpc) is 2.58. The van der Waals surface area contributed by atoms with E-state index in [1.807, 2.05) is 0 Å². The fourth-order valence-electron chi connectivity index (χ4n) is 1.98. The molecule has 0 aliphatic rings. The minimum Gasteiger partial charge on any atom is -0.370 e. The number of nitro groups is 1. The van der Waals surface area contributed by atoms with Crippen molar-refractivity contribution in [2.75, 3.05) is 11.9 Å². The van der Waals surface area contributed by atoms with Gasteiger partial charge in [-0.1, -0.05) is 0 Å². The number of hydrogen-bond acceptors (Lipinski definition) is 6. The third-order valence-corrected chi connectivity index (χ3v) is 3.44. The van der Waals surface area contributed by atoms with Gasteiger partial charge in [-0.05, 0) is 31.9 Å². The Morgan fingerprint density at radius 3 is 2.42 bits per heavy atom. The van der Waals surface area contributed by atoms with Gasteiger partial charge in [-0.15, -0.1) is 0 Å². The summed E-state index contributed by atoms with van der Waals surface area (Å²) in [6, 6.07) is 3.71. The maximum atomic E-state index is 12.1. The fourth-order valence-corrected chi connectivity index (χ4v) is 1.98. The van der Waals surface area contributed by atoms with Gasteiger partial charge in [-0.2, -0.15) is 0 Å². The number of rotatable bonds is 9. The number of carbonyl (C=O) groups is 2. The summed E-state index contributed by atoms with van der Waals surface area (Å²) < 4.78 is 0. The van der Waals surface area contributed by atoms with Crippen LogP contribution in [0.2, 0.25) is 0 Å². The first-order chi connectivity index (χ1) is 12.2. The van der Waals surface area contributed by atoms with E-state index in [0.717, 1.165) is 0 Å². The van der Waals surface area contributed by atoms with Gasteiger partial charge in [0, 0.05) is 24.4 Å². The lowest BCUT2D eigenvalue weighted by atomic mass is 10.1. The highest BCUT2D eigenvalue weighted by Crippen LogP contribution is 2.15. The number of non-ortho nitro benzene ring substituents is 1. The standard InChI is InChI=1S/C15H23N7O4/c1-9(20-14(24)12(16)3-2-8-19-15(17)18)13(23)21-10-4-6-11(7-5-10)22(25)26/h4-7,9,12H,2-3,8,16H2,1H3,(H,20,24)(H,21,23)(H4,17,18,19)/t9-,12-/m0/s1. The van der Waals surface area contributed by atoms with Crippen molar-refractivity contribution in [1.29, 1.82) is 5.41 Å². The zero-order chi connectivity index (χ0) is 19.7. The number of nitrogens with one attached hydrogen (secondary N) is 4. The topological polar surface area (TPSA) is 189 Å². The second kappa shape index (κ2) is 9.93. The molecule has 0 heterocycles. The van der Waals surface area contributed by atoms with E-state index in [4.69, 9.17) is 16.9 Å². The molecule has 0 bridgehead atoms. The number of hydrogen-bond donors (Lipinski definition) is 6. The predicted octanol–water partition coefficient (Wildman–Crippen LogP) is -0.371. The Morgan fingerprint density at radius 1 is 1.27 bits per heavy atom. The summed E-state index contributed by atoms with van der Waals surface area (Å²) in [5.74, 6) is -1.10. The summed E-state index contributed by atoms with van der Waals surface area (Å²) >= 11 is 0. The van der Waals surface area contributed by atoms with Crippen molar-refractivity contribution in [3.8, 4) is 0 Å². The lowest BCUT2D eigenvalue weighted by Crippen LogP contribution is -2.48. The maximum Gasteiger partial charge on any atom is 0.269 e. The smallest absolute Gasteiger partial charge is 0.269 e. The monoisotopic (exact) mass is 365 g/mol. The highest BCUT2D eigenvalue weighted by atomic mass is 16.6. The molecule has 0 radical (unpaired) electrons. The quantitative estimate of drug-likeness (QED) is 0.113. The van der Waals surface area contributed by atoms with E-state index in [0.29, 0.717) is 25.1 Å². The van der Waals surface area contributed by atoms with Crippen molar-refractivity contribution in [1.82, 2.24) is 10.6 Å². The van der Waals surface area contributed by atoms with E-state index in [1.165, 1.54) is 31.2 Å². The van der Waals surface area contributed by atoms with Gasteiger partial charge in [0.25, 0.3) is 5.69 Å². The average molecular weight is 365 g/mol. The number of anilines is 1. The molecule has 0 aromatic heterocycles. The molecular formula is C15H23N7O4. The first kappa shape index (κ1) is 20.8. The zero-order valence-electron chi connectivity index (χ0n) is 14.3. The van der Waals surface area contributed by atoms with Crippen molar-refractivity contribution >= 4 is 29.1 Å². The summed E-state index contributed by atoms with van der Waals surface area (Å²) in [4.78, 5) is 34.1. The molecule has 142 valence electrons. The zero-order valence-corrected chi connectivity index (χ0v) is 14.3. The van der Waals surface area contributed by atoms with Crippen LogP contribution >= 0.6 is 0 Å². The van der Waals surface area contributed by atoms with Gasteiger partial charge in [-0.3, -0.25) is 25.1 Å². The third kappa shape index (κ3) is 7.13. The minimum absolute atomic E-state index is 0.0883. The van der Waals surface area contributed by atoms with E-state index in [2.05, 4.69) is 16.0 Å². The molecule has 0 fully saturated rings. The van der Waals surface area contributed by atoms with Crippen LogP contribution in [0.5, 0.6) is 0 Å². The van der Waals surface area contributed by atoms with Crippen LogP contribution in [0.3, 0.4) is 0 Å². The number of amides is 2. The van der Waals surface area contributed by atoms with Gasteiger partial charge in [0.2, 0.25) is 11.8 Å². The largest absolute Gasteiger partial charge is 0.370 e. The third-order valence-electron chi connectivity index (χ3n) is 3.44. The van der Waals surface area contributed by atoms with Crippen LogP contribution < -0.4 is 27.4 Å². The molecule has 1 aromatic carbocycles. The van der Waals surface area contributed by atoms with E-state index in [1.54, 1.807) is 0 Å². The maximum absolute atomic E-state index is 12.1. The van der Waals surface area contributed by atoms with Gasteiger partial charge in [0.15, 0.2) is 5.96 Å². The van der Waals surface area contributed by atoms with Crippen LogP contribution in [-0.2, 0) is 9.59 Å². The van der Waals surface area contributed by atoms with E-state index in [9.17, 15) is 19.7 Å². The van der Waals surface area contributed by atoms with Gasteiger partial charge in [-0.25, -0.2) is 0 Å². The Bertz CT molecular complexity index is 662. The molecule has 0 aliphatic heterocycles. The number of nitro benzene ring substituents is 1. The Kier molecular flexibility index (Phi) is 7.96. The molecule has 1 aromatic rings. The van der Waals surface area contributed by atoms with E-state index < -0.39 is 28.8 Å². The molecule has 0 aliphatic carbocycles. The Hall–Kier alpha value is -3.21. The predicted molar refractivity (Wildman–Crippen MR) is 96.5 cm³/mol. The molecule has 26 heavy (non-hydrogen) atoms. The molecule has 11 nitrogen and oxygen atoms in total. The lowest BCUT2D eigenvalue weighted by molar-refractivity contribution is -0.384. The number of nitrogens with two attached hydrogens (primary N) is 2. The Balaban J connectivity index is 2.43. The van der Waals surface area contributed by atoms with Crippen molar-refractivity contribution in [3.63, 3.8) is 0 Å². The normalized spacial score (nSPS) is 12.5. The van der Waals surface area contributed by atoms with Crippen molar-refractivity contribution in [2.45, 2.75) is 31.8 Å². The van der Waals surface area contributed by atoms with Gasteiger partial charge in [0.1, 0.15) is 6.04 Å². The van der Waals surface area contributed by atoms with Crippen molar-refractivity contribution < 1.29 is 14.5 Å². The molecule has 0 unspecified atom stereocenters. The summed E-state index contributed by atoms with van der Waals surface area (Å²) in [5.41, 5.74) is 11.2. The number of nitrogens with zero attached hydrogens (tertiary/aromatic N) is 1. The Labute approximate surface area is 150 Å². The second-order valence-corrected chi connectivity index (χ2v) is 5.61. The molecule has 8 N–H and O–H groups in total. The fraction of sp³-hybridized carbons (Fsp3) is 0.400. The summed E-state index contributed by atoms with van der Waals surface area (Å²) in [7, 11) is 0. The van der Waals surface area contributed by atoms with Gasteiger partial charge in [0.05, 0.1) is 11.0 Å². The van der Waals surface area contributed by atoms with Crippen LogP contribution in [0.4, 0.5) is 11.4 Å². The van der Waals surface area contributed by atoms with Gasteiger partial charge >= 0.3 is 0 Å². The van der Waals surface area contributed by atoms with Crippen LogP contribution in [0, 0.1) is 15.5 Å². The number of guanidine groups is 1. The molecule has 2 atom stereocenters. The Morgan fingerprint density at radius 2 is 1.88 bits per heavy atom. The van der Waals surface area contributed by atoms with Crippen molar-refractivity contribution in [2.24, 2.45) is 11.5 Å². The summed E-state index contributed by atoms with van der Waals surface area (Å²) in [6.07, 6.45) is 0.903. The molecule has 2 amide bonds. The number of benzene rings is 1. The second-order valence-electron chi connectivity index (χ2n) is 5.61. The molecule has 0 spiro atoms. The lowest BCUT2D eigenvalue weighted by Gasteiger charge is -2.17. The minimum atomic E-state index is -0.834. The van der Waals surface area contributed by atoms with Gasteiger partial charge < -0.3 is 27.4 Å². The SMILES string of the molecule is C[C@H](NC(=O)[C@@H](N)CCCNC(=N)N)C(=O)Nc1ccc([N+](=O)[O-])cc1. The molecule has 0 saturated heterocycles. The highest BCUT2D eigenvalue weighted by molar-refractivity contribution is 5.97. The van der Waals surface area contributed by atoms with Crippen LogP contribution in [0.15, 0.2) is 24.3 Å². The van der Waals surface area contributed by atoms with Crippen LogP contribution in [0.1, 0.15) is 19.8 Å². The van der Waals surface area contributed by atoms with Crippen LogP contribution in [-0.4, -0.2) is 41.3 Å². The van der Waals surface area contributed by atoms with Crippen LogP contribution in [0.25, 0.3) is 0 Å². The summed E-state index contributed by atoms with van der Waals surface area (Å²) in [5, 5.41) is 25.3. The molecule has 11 heteroatoms. The highest BCUT2D eigenvalue weighted by Gasteiger charge is 2.20. The molecule has 0 saturated carbocycles. The molecular weight excluding hydrogens is 342 g/mol. The first-order valence-electron chi connectivity index (χ1n) is 7.90. The summed E-state index contributed by atoms with van der Waals surface area (Å²) in [6.45, 7) is 1.93. The first-order valence-corrected chi connectivity index (χ1v) is 7.90. The molecule has 1 rings (SSSR count). The number of carbonyl (C=O) groups excluding carboxylic acids is 2.